The summed E-state index contributed by atoms with van der Waals surface area (Å²) in [5.41, 5.74) is 2.07. The predicted molar refractivity (Wildman–Crippen MR) is 103 cm³/mol. The van der Waals surface area contributed by atoms with Gasteiger partial charge in [0.05, 0.1) is 12.6 Å². The number of rotatable bonds is 7. The first-order valence-electron chi connectivity index (χ1n) is 9.03. The number of halogens is 1. The summed E-state index contributed by atoms with van der Waals surface area (Å²) in [6.45, 7) is 2.63. The summed E-state index contributed by atoms with van der Waals surface area (Å²) in [4.78, 5) is 12.9. The number of thioether (sulfide) groups is 1. The number of carbonyl (C=O) groups is 1. The van der Waals surface area contributed by atoms with Crippen molar-refractivity contribution >= 4 is 17.7 Å². The number of ether oxygens (including phenoxy) is 1. The van der Waals surface area contributed by atoms with Crippen molar-refractivity contribution in [1.82, 2.24) is 5.32 Å². The third kappa shape index (κ3) is 5.01. The molecule has 1 amide bonds. The van der Waals surface area contributed by atoms with Crippen LogP contribution in [0, 0.1) is 12.7 Å². The molecule has 2 aromatic rings. The molecule has 0 spiro atoms. The largest absolute Gasteiger partial charge is 0.494 e. The molecule has 5 heteroatoms. The lowest BCUT2D eigenvalue weighted by molar-refractivity contribution is -0.122. The second-order valence-corrected chi connectivity index (χ2v) is 7.64. The van der Waals surface area contributed by atoms with E-state index < -0.39 is 0 Å². The normalized spacial score (nSPS) is 16.0. The summed E-state index contributed by atoms with van der Waals surface area (Å²) < 4.78 is 19.6. The number of fused-ring (bicyclic) bond motifs is 1. The Hall–Kier alpha value is -2.01. The lowest BCUT2D eigenvalue weighted by Crippen LogP contribution is -2.30. The van der Waals surface area contributed by atoms with Crippen LogP contribution in [-0.4, -0.2) is 18.3 Å². The van der Waals surface area contributed by atoms with Gasteiger partial charge in [-0.05, 0) is 55.5 Å². The van der Waals surface area contributed by atoms with Gasteiger partial charge in [0.1, 0.15) is 11.6 Å². The Balaban J connectivity index is 1.41. The molecule has 1 N–H and O–H groups in total. The van der Waals surface area contributed by atoms with E-state index in [1.165, 1.54) is 23.4 Å². The summed E-state index contributed by atoms with van der Waals surface area (Å²) >= 11 is 1.53. The Kier molecular flexibility index (Phi) is 6.56. The van der Waals surface area contributed by atoms with Crippen LogP contribution in [0.25, 0.3) is 0 Å². The van der Waals surface area contributed by atoms with E-state index in [2.05, 4.69) is 5.32 Å². The summed E-state index contributed by atoms with van der Waals surface area (Å²) in [6.07, 6.45) is 2.90. The molecule has 1 aliphatic rings. The Morgan fingerprint density at radius 3 is 2.96 bits per heavy atom. The topological polar surface area (TPSA) is 38.3 Å². The number of nitrogens with one attached hydrogen (secondary N) is 1. The Morgan fingerprint density at radius 1 is 1.27 bits per heavy atom. The lowest BCUT2D eigenvalue weighted by Gasteiger charge is -2.26. The van der Waals surface area contributed by atoms with Gasteiger partial charge in [-0.1, -0.05) is 24.3 Å². The predicted octanol–water partition coefficient (Wildman–Crippen LogP) is 5.04. The van der Waals surface area contributed by atoms with Crippen molar-refractivity contribution in [3.63, 3.8) is 0 Å². The van der Waals surface area contributed by atoms with Crippen LogP contribution in [0.5, 0.6) is 5.75 Å². The van der Waals surface area contributed by atoms with Crippen LogP contribution in [0.2, 0.25) is 0 Å². The molecule has 1 unspecified atom stereocenters. The lowest BCUT2D eigenvalue weighted by atomic mass is 10.0. The number of hydrogen-bond acceptors (Lipinski definition) is 3. The van der Waals surface area contributed by atoms with Gasteiger partial charge >= 0.3 is 0 Å². The maximum Gasteiger partial charge on any atom is 0.220 e. The second kappa shape index (κ2) is 9.08. The van der Waals surface area contributed by atoms with Gasteiger partial charge in [0, 0.05) is 17.1 Å². The molecule has 0 saturated carbocycles. The van der Waals surface area contributed by atoms with Gasteiger partial charge in [-0.25, -0.2) is 4.39 Å². The van der Waals surface area contributed by atoms with E-state index in [-0.39, 0.29) is 17.8 Å². The molecular formula is C21H24FNO2S. The second-order valence-electron chi connectivity index (χ2n) is 6.54. The van der Waals surface area contributed by atoms with Crippen LogP contribution in [0.4, 0.5) is 4.39 Å². The molecule has 1 heterocycles. The third-order valence-electron chi connectivity index (χ3n) is 4.42. The van der Waals surface area contributed by atoms with Crippen molar-refractivity contribution in [2.45, 2.75) is 43.5 Å². The smallest absolute Gasteiger partial charge is 0.220 e. The first-order chi connectivity index (χ1) is 12.6. The van der Waals surface area contributed by atoms with E-state index in [4.69, 9.17) is 4.74 Å². The van der Waals surface area contributed by atoms with Gasteiger partial charge < -0.3 is 10.1 Å². The third-order valence-corrected chi connectivity index (χ3v) is 5.58. The van der Waals surface area contributed by atoms with E-state index in [0.717, 1.165) is 36.3 Å². The monoisotopic (exact) mass is 373 g/mol. The first kappa shape index (κ1) is 18.8. The highest BCUT2D eigenvalue weighted by Gasteiger charge is 2.24. The molecule has 0 aliphatic carbocycles. The van der Waals surface area contributed by atoms with Crippen molar-refractivity contribution in [3.8, 4) is 5.75 Å². The molecule has 0 fully saturated rings. The molecule has 0 aromatic heterocycles. The molecule has 2 aromatic carbocycles. The van der Waals surface area contributed by atoms with Crippen molar-refractivity contribution < 1.29 is 13.9 Å². The van der Waals surface area contributed by atoms with E-state index in [1.807, 2.05) is 37.3 Å². The van der Waals surface area contributed by atoms with E-state index >= 15 is 0 Å². The van der Waals surface area contributed by atoms with E-state index in [0.29, 0.717) is 17.9 Å². The zero-order valence-corrected chi connectivity index (χ0v) is 15.8. The number of benzene rings is 2. The highest BCUT2D eigenvalue weighted by atomic mass is 32.2. The van der Waals surface area contributed by atoms with Crippen molar-refractivity contribution in [2.75, 3.05) is 12.4 Å². The van der Waals surface area contributed by atoms with E-state index in [9.17, 15) is 9.18 Å². The van der Waals surface area contributed by atoms with Crippen molar-refractivity contribution in [2.24, 2.45) is 0 Å². The number of carbonyl (C=O) groups excluding carboxylic acids is 1. The van der Waals surface area contributed by atoms with Crippen LogP contribution >= 0.6 is 11.8 Å². The maximum atomic E-state index is 13.9. The fraction of sp³-hybridized carbons (Fsp3) is 0.381. The van der Waals surface area contributed by atoms with Gasteiger partial charge in [-0.2, -0.15) is 0 Å². The minimum absolute atomic E-state index is 0.0210. The zero-order valence-electron chi connectivity index (χ0n) is 15.0. The molecule has 0 bridgehead atoms. The molecule has 1 aliphatic heterocycles. The minimum Gasteiger partial charge on any atom is -0.494 e. The average Bonchev–Trinajstić information content (AvgIpc) is 2.62. The quantitative estimate of drug-likeness (QED) is 0.691. The molecule has 3 rings (SSSR count). The van der Waals surface area contributed by atoms with Crippen LogP contribution in [0.15, 0.2) is 47.4 Å². The zero-order chi connectivity index (χ0) is 18.4. The van der Waals surface area contributed by atoms with Gasteiger partial charge in [-0.3, -0.25) is 4.79 Å². The number of hydrogen-bond donors (Lipinski definition) is 1. The fourth-order valence-electron chi connectivity index (χ4n) is 3.09. The Labute approximate surface area is 158 Å². The number of aryl methyl sites for hydroxylation is 1. The average molecular weight is 373 g/mol. The molecule has 0 saturated heterocycles. The van der Waals surface area contributed by atoms with Gasteiger partial charge in [-0.15, -0.1) is 11.8 Å². The van der Waals surface area contributed by atoms with Crippen molar-refractivity contribution in [1.29, 1.82) is 0 Å². The standard InChI is InChI=1S/C21H24FNO2S/c1-15-6-4-7-16(14-15)25-12-3-2-10-20(24)23-19-11-13-26-21-17(19)8-5-9-18(21)22/h4-9,14,19H,2-3,10-13H2,1H3,(H,23,24). The maximum absolute atomic E-state index is 13.9. The molecule has 26 heavy (non-hydrogen) atoms. The van der Waals surface area contributed by atoms with Crippen LogP contribution < -0.4 is 10.1 Å². The molecule has 1 atom stereocenters. The van der Waals surface area contributed by atoms with Gasteiger partial charge in [0.25, 0.3) is 0 Å². The van der Waals surface area contributed by atoms with Crippen LogP contribution in [0.1, 0.15) is 42.9 Å². The first-order valence-corrected chi connectivity index (χ1v) is 10.0. The summed E-state index contributed by atoms with van der Waals surface area (Å²) in [5.74, 6) is 1.52. The van der Waals surface area contributed by atoms with Crippen LogP contribution in [-0.2, 0) is 4.79 Å². The number of amides is 1. The SMILES string of the molecule is Cc1cccc(OCCCCC(=O)NC2CCSc3c(F)cccc32)c1. The van der Waals surface area contributed by atoms with Gasteiger partial charge in [0.15, 0.2) is 0 Å². The molecule has 138 valence electrons. The summed E-state index contributed by atoms with van der Waals surface area (Å²) in [6, 6.07) is 13.0. The molecular weight excluding hydrogens is 349 g/mol. The van der Waals surface area contributed by atoms with E-state index in [1.54, 1.807) is 6.07 Å². The number of unbranched alkanes of at least 4 members (excludes halogenated alkanes) is 1. The molecule has 3 nitrogen and oxygen atoms in total. The fourth-order valence-corrected chi connectivity index (χ4v) is 4.23. The van der Waals surface area contributed by atoms with Crippen molar-refractivity contribution in [3.05, 3.63) is 59.4 Å². The van der Waals surface area contributed by atoms with Gasteiger partial charge in [0.2, 0.25) is 5.91 Å². The Morgan fingerprint density at radius 2 is 2.12 bits per heavy atom. The summed E-state index contributed by atoms with van der Waals surface area (Å²) in [5, 5.41) is 3.06. The minimum atomic E-state index is -0.195. The summed E-state index contributed by atoms with van der Waals surface area (Å²) in [7, 11) is 0. The highest BCUT2D eigenvalue weighted by molar-refractivity contribution is 7.99. The van der Waals surface area contributed by atoms with Crippen LogP contribution in [0.3, 0.4) is 0 Å². The highest BCUT2D eigenvalue weighted by Crippen LogP contribution is 2.37. The molecule has 0 radical (unpaired) electrons. The Bertz CT molecular complexity index is 765.